The molecule has 0 saturated carbocycles. The van der Waals surface area contributed by atoms with Gasteiger partial charge in [0, 0.05) is 21.9 Å². The number of benzene rings is 2. The predicted octanol–water partition coefficient (Wildman–Crippen LogP) is 6.62. The van der Waals surface area contributed by atoms with Crippen LogP contribution in [0.25, 0.3) is 39.1 Å². The van der Waals surface area contributed by atoms with Gasteiger partial charge in [-0.2, -0.15) is 0 Å². The number of aromatic nitrogens is 2. The summed E-state index contributed by atoms with van der Waals surface area (Å²) in [6.45, 7) is 0. The third-order valence-electron chi connectivity index (χ3n) is 4.88. The van der Waals surface area contributed by atoms with E-state index in [1.165, 1.54) is 23.5 Å². The van der Waals surface area contributed by atoms with Crippen LogP contribution in [0.3, 0.4) is 0 Å². The molecule has 0 saturated heterocycles. The van der Waals surface area contributed by atoms with Crippen molar-refractivity contribution in [1.82, 2.24) is 9.97 Å². The van der Waals surface area contributed by atoms with Crippen LogP contribution in [0.2, 0.25) is 0 Å². The number of aromatic amines is 1. The number of rotatable bonds is 4. The minimum atomic E-state index is -0.938. The van der Waals surface area contributed by atoms with Gasteiger partial charge in [-0.05, 0) is 53.9 Å². The first-order valence-corrected chi connectivity index (χ1v) is 10.1. The Bertz CT molecular complexity index is 1430. The lowest BCUT2D eigenvalue weighted by Crippen LogP contribution is -1.93. The Morgan fingerprint density at radius 1 is 0.967 bits per heavy atom. The number of allylic oxidation sites excluding steroid dienone is 1. The zero-order valence-corrected chi connectivity index (χ0v) is 16.3. The second-order valence-electron chi connectivity index (χ2n) is 6.79. The highest BCUT2D eigenvalue weighted by Crippen LogP contribution is 2.33. The topological polar surface area (TPSA) is 45.8 Å². The number of ketones is 1. The first-order valence-electron chi connectivity index (χ1n) is 9.23. The quantitative estimate of drug-likeness (QED) is 0.264. The van der Waals surface area contributed by atoms with Crippen molar-refractivity contribution in [2.45, 2.75) is 0 Å². The Balaban J connectivity index is 1.71. The van der Waals surface area contributed by atoms with Gasteiger partial charge in [0.15, 0.2) is 17.4 Å². The number of thiophene rings is 1. The van der Waals surface area contributed by atoms with Gasteiger partial charge in [0.25, 0.3) is 0 Å². The highest BCUT2D eigenvalue weighted by atomic mass is 32.1. The number of para-hydroxylation sites is 1. The Hall–Kier alpha value is -3.64. The number of nitrogens with zero attached hydrogens (tertiary/aromatic N) is 1. The van der Waals surface area contributed by atoms with Gasteiger partial charge in [0.1, 0.15) is 0 Å². The van der Waals surface area contributed by atoms with Crippen molar-refractivity contribution in [3.8, 4) is 11.3 Å². The Labute approximate surface area is 174 Å². The van der Waals surface area contributed by atoms with E-state index in [9.17, 15) is 13.6 Å². The van der Waals surface area contributed by atoms with Gasteiger partial charge >= 0.3 is 0 Å². The Morgan fingerprint density at radius 3 is 2.63 bits per heavy atom. The summed E-state index contributed by atoms with van der Waals surface area (Å²) in [5.41, 5.74) is 3.13. The van der Waals surface area contributed by atoms with Gasteiger partial charge < -0.3 is 4.98 Å². The maximum Gasteiger partial charge on any atom is 0.195 e. The average Bonchev–Trinajstić information content (AvgIpc) is 3.42. The molecule has 0 fully saturated rings. The summed E-state index contributed by atoms with van der Waals surface area (Å²) in [5.74, 6) is -1.96. The van der Waals surface area contributed by atoms with Gasteiger partial charge in [0.05, 0.1) is 21.8 Å². The molecule has 0 spiro atoms. The van der Waals surface area contributed by atoms with Crippen LogP contribution in [0.1, 0.15) is 15.4 Å². The summed E-state index contributed by atoms with van der Waals surface area (Å²) in [5, 5.41) is 3.72. The van der Waals surface area contributed by atoms with E-state index >= 15 is 0 Å². The molecule has 6 heteroatoms. The smallest absolute Gasteiger partial charge is 0.195 e. The minimum absolute atomic E-state index is 0.111. The van der Waals surface area contributed by atoms with E-state index < -0.39 is 11.6 Å². The van der Waals surface area contributed by atoms with Crippen molar-refractivity contribution in [1.29, 1.82) is 0 Å². The molecule has 30 heavy (non-hydrogen) atoms. The fraction of sp³-hybridized carbons (Fsp3) is 0. The van der Waals surface area contributed by atoms with Gasteiger partial charge in [-0.1, -0.05) is 24.3 Å². The fourth-order valence-electron chi connectivity index (χ4n) is 3.47. The number of hydrogen-bond donors (Lipinski definition) is 1. The summed E-state index contributed by atoms with van der Waals surface area (Å²) in [4.78, 5) is 20.9. The highest BCUT2D eigenvalue weighted by molar-refractivity contribution is 7.12. The van der Waals surface area contributed by atoms with Crippen molar-refractivity contribution in [2.75, 3.05) is 0 Å². The van der Waals surface area contributed by atoms with Crippen LogP contribution in [0.15, 0.2) is 72.1 Å². The average molecular weight is 416 g/mol. The maximum absolute atomic E-state index is 13.9. The molecule has 146 valence electrons. The molecule has 1 N–H and O–H groups in total. The van der Waals surface area contributed by atoms with E-state index in [4.69, 9.17) is 0 Å². The Kier molecular flexibility index (Phi) is 4.48. The van der Waals surface area contributed by atoms with Crippen molar-refractivity contribution < 1.29 is 13.6 Å². The molecule has 5 rings (SSSR count). The summed E-state index contributed by atoms with van der Waals surface area (Å²) in [6, 6.07) is 17.0. The van der Waals surface area contributed by atoms with Crippen molar-refractivity contribution >= 4 is 45.0 Å². The summed E-state index contributed by atoms with van der Waals surface area (Å²) < 4.78 is 27.4. The molecule has 0 amide bonds. The number of carbonyl (C=O) groups is 1. The molecule has 0 aliphatic heterocycles. The number of fused-ring (bicyclic) bond motifs is 3. The third-order valence-corrected chi connectivity index (χ3v) is 5.76. The van der Waals surface area contributed by atoms with E-state index in [2.05, 4.69) is 9.97 Å². The normalized spacial score (nSPS) is 11.7. The zero-order chi connectivity index (χ0) is 20.7. The van der Waals surface area contributed by atoms with Crippen LogP contribution < -0.4 is 0 Å². The van der Waals surface area contributed by atoms with Gasteiger partial charge in [-0.25, -0.2) is 13.8 Å². The van der Waals surface area contributed by atoms with E-state index in [-0.39, 0.29) is 5.78 Å². The predicted molar refractivity (Wildman–Crippen MR) is 117 cm³/mol. The lowest BCUT2D eigenvalue weighted by Gasteiger charge is -2.06. The molecule has 3 heterocycles. The van der Waals surface area contributed by atoms with E-state index in [1.54, 1.807) is 12.1 Å². The van der Waals surface area contributed by atoms with E-state index in [1.807, 2.05) is 41.8 Å². The second kappa shape index (κ2) is 7.31. The molecule has 3 aromatic heterocycles. The SMILES string of the molecule is O=C(/C=C/c1cc2c([nH]c3ccccc32)c(-c2ccc(F)c(F)c2)n1)c1cccs1. The van der Waals surface area contributed by atoms with Crippen LogP contribution in [0.5, 0.6) is 0 Å². The lowest BCUT2D eigenvalue weighted by atomic mass is 10.1. The number of carbonyl (C=O) groups excluding carboxylic acids is 1. The number of H-pyrrole nitrogens is 1. The largest absolute Gasteiger partial charge is 0.353 e. The molecule has 0 atom stereocenters. The van der Waals surface area contributed by atoms with E-state index in [0.29, 0.717) is 21.8 Å². The molecule has 3 nitrogen and oxygen atoms in total. The Morgan fingerprint density at radius 2 is 1.83 bits per heavy atom. The third kappa shape index (κ3) is 3.21. The molecule has 0 unspecified atom stereocenters. The standard InChI is InChI=1S/C24H14F2N2OS/c25-18-9-7-14(12-19(18)26)23-24-17(16-4-1-2-5-20(16)28-24)13-15(27-23)8-10-21(29)22-6-3-11-30-22/h1-13,28H/b10-8+. The number of pyridine rings is 1. The molecule has 0 bridgehead atoms. The van der Waals surface area contributed by atoms with Crippen LogP contribution in [-0.4, -0.2) is 15.8 Å². The second-order valence-corrected chi connectivity index (χ2v) is 7.74. The van der Waals surface area contributed by atoms with Crippen LogP contribution >= 0.6 is 11.3 Å². The fourth-order valence-corrected chi connectivity index (χ4v) is 4.11. The van der Waals surface area contributed by atoms with Crippen molar-refractivity contribution in [2.24, 2.45) is 0 Å². The molecule has 0 radical (unpaired) electrons. The monoisotopic (exact) mass is 416 g/mol. The summed E-state index contributed by atoms with van der Waals surface area (Å²) in [6.07, 6.45) is 3.12. The van der Waals surface area contributed by atoms with Crippen molar-refractivity contribution in [3.63, 3.8) is 0 Å². The number of nitrogens with one attached hydrogen (secondary N) is 1. The van der Waals surface area contributed by atoms with Crippen LogP contribution in [0.4, 0.5) is 8.78 Å². The molecule has 0 aliphatic rings. The minimum Gasteiger partial charge on any atom is -0.353 e. The zero-order valence-electron chi connectivity index (χ0n) is 15.5. The molecule has 5 aromatic rings. The number of hydrogen-bond acceptors (Lipinski definition) is 3. The first kappa shape index (κ1) is 18.4. The molecule has 0 aliphatic carbocycles. The van der Waals surface area contributed by atoms with Crippen LogP contribution in [-0.2, 0) is 0 Å². The van der Waals surface area contributed by atoms with Gasteiger partial charge in [-0.3, -0.25) is 4.79 Å². The number of halogens is 2. The molecular weight excluding hydrogens is 402 g/mol. The van der Waals surface area contributed by atoms with Gasteiger partial charge in [-0.15, -0.1) is 11.3 Å². The maximum atomic E-state index is 13.9. The van der Waals surface area contributed by atoms with Gasteiger partial charge in [0.2, 0.25) is 0 Å². The van der Waals surface area contributed by atoms with E-state index in [0.717, 1.165) is 33.9 Å². The van der Waals surface area contributed by atoms with Crippen LogP contribution in [0, 0.1) is 11.6 Å². The molecular formula is C24H14F2N2OS. The van der Waals surface area contributed by atoms with Crippen molar-refractivity contribution in [3.05, 3.63) is 94.3 Å². The molecule has 2 aromatic carbocycles. The highest BCUT2D eigenvalue weighted by Gasteiger charge is 2.14. The lowest BCUT2D eigenvalue weighted by molar-refractivity contribution is 0.105. The first-order chi connectivity index (χ1) is 14.6. The summed E-state index contributed by atoms with van der Waals surface area (Å²) in [7, 11) is 0. The summed E-state index contributed by atoms with van der Waals surface area (Å²) >= 11 is 1.37.